The molecule has 116 valence electrons. The summed E-state index contributed by atoms with van der Waals surface area (Å²) in [5.41, 5.74) is 5.21. The number of carboxylic acids is 1. The molecule has 0 aliphatic carbocycles. The van der Waals surface area contributed by atoms with Crippen molar-refractivity contribution < 1.29 is 14.7 Å². The predicted octanol–water partition coefficient (Wildman–Crippen LogP) is 1.51. The molecule has 4 N–H and O–H groups in total. The van der Waals surface area contributed by atoms with Gasteiger partial charge >= 0.3 is 5.97 Å². The van der Waals surface area contributed by atoms with E-state index in [1.54, 1.807) is 6.07 Å². The fraction of sp³-hybridized carbons (Fsp3) is 0.571. The molecule has 1 aromatic heterocycles. The molecule has 0 aliphatic rings. The van der Waals surface area contributed by atoms with Crippen LogP contribution in [-0.2, 0) is 4.79 Å². The number of aliphatic carboxylic acids is 1. The van der Waals surface area contributed by atoms with Gasteiger partial charge in [-0.05, 0) is 36.8 Å². The average Bonchev–Trinajstić information content (AvgIpc) is 2.42. The Balaban J connectivity index is 2.42. The molecular weight excluding hydrogens is 272 g/mol. The molecule has 21 heavy (non-hydrogen) atoms. The van der Waals surface area contributed by atoms with Crippen molar-refractivity contribution in [2.45, 2.75) is 33.1 Å². The van der Waals surface area contributed by atoms with E-state index in [1.165, 1.54) is 6.07 Å². The molecule has 1 atom stereocenters. The first-order valence-electron chi connectivity index (χ1n) is 6.99. The molecule has 0 aliphatic heterocycles. The number of hydrogen-bond acceptors (Lipinski definition) is 5. The molecule has 1 amide bonds. The number of rotatable bonds is 9. The van der Waals surface area contributed by atoms with Crippen LogP contribution in [0.25, 0.3) is 0 Å². The van der Waals surface area contributed by atoms with Crippen molar-refractivity contribution in [1.29, 1.82) is 0 Å². The number of nitrogens with two attached hydrogens (primary N) is 1. The Bertz CT molecular complexity index is 474. The van der Waals surface area contributed by atoms with Crippen LogP contribution in [0, 0.1) is 11.8 Å². The third-order valence-corrected chi connectivity index (χ3v) is 3.41. The molecule has 0 bridgehead atoms. The summed E-state index contributed by atoms with van der Waals surface area (Å²) in [5, 5.41) is 19.4. The van der Waals surface area contributed by atoms with Gasteiger partial charge in [0.2, 0.25) is 0 Å². The van der Waals surface area contributed by atoms with Crippen LogP contribution in [0.1, 0.15) is 43.6 Å². The predicted molar refractivity (Wildman–Crippen MR) is 78.9 cm³/mol. The van der Waals surface area contributed by atoms with E-state index in [-0.39, 0.29) is 12.1 Å². The number of primary amides is 1. The Morgan fingerprint density at radius 1 is 1.29 bits per heavy atom. The van der Waals surface area contributed by atoms with Gasteiger partial charge in [-0.15, -0.1) is 10.2 Å². The van der Waals surface area contributed by atoms with Crippen molar-refractivity contribution >= 4 is 17.7 Å². The molecule has 0 aromatic carbocycles. The fourth-order valence-corrected chi connectivity index (χ4v) is 2.06. The third kappa shape index (κ3) is 6.20. The van der Waals surface area contributed by atoms with E-state index in [0.29, 0.717) is 30.6 Å². The van der Waals surface area contributed by atoms with Crippen LogP contribution in [0.2, 0.25) is 0 Å². The SMILES string of the molecule is CC(C)C(CCNc1ccc(C(N)=O)nn1)CCC(=O)O. The lowest BCUT2D eigenvalue weighted by atomic mass is 9.88. The zero-order chi connectivity index (χ0) is 15.8. The Labute approximate surface area is 123 Å². The first kappa shape index (κ1) is 16.9. The molecule has 7 heteroatoms. The Hall–Kier alpha value is -2.18. The van der Waals surface area contributed by atoms with Crippen molar-refractivity contribution in [1.82, 2.24) is 10.2 Å². The quantitative estimate of drug-likeness (QED) is 0.635. The van der Waals surface area contributed by atoms with Crippen molar-refractivity contribution in [3.05, 3.63) is 17.8 Å². The van der Waals surface area contributed by atoms with Crippen LogP contribution in [0.3, 0.4) is 0 Å². The zero-order valence-corrected chi connectivity index (χ0v) is 12.4. The van der Waals surface area contributed by atoms with E-state index in [4.69, 9.17) is 10.8 Å². The van der Waals surface area contributed by atoms with Gasteiger partial charge < -0.3 is 16.2 Å². The van der Waals surface area contributed by atoms with Gasteiger partial charge in [0.1, 0.15) is 5.82 Å². The van der Waals surface area contributed by atoms with Crippen LogP contribution < -0.4 is 11.1 Å². The molecule has 7 nitrogen and oxygen atoms in total. The summed E-state index contributed by atoms with van der Waals surface area (Å²) >= 11 is 0. The van der Waals surface area contributed by atoms with E-state index in [1.807, 2.05) is 0 Å². The number of anilines is 1. The largest absolute Gasteiger partial charge is 0.481 e. The van der Waals surface area contributed by atoms with E-state index in [2.05, 4.69) is 29.4 Å². The molecule has 0 spiro atoms. The molecule has 1 heterocycles. The van der Waals surface area contributed by atoms with Crippen LogP contribution in [0.4, 0.5) is 5.82 Å². The summed E-state index contributed by atoms with van der Waals surface area (Å²) < 4.78 is 0. The topological polar surface area (TPSA) is 118 Å². The first-order valence-corrected chi connectivity index (χ1v) is 6.99. The summed E-state index contributed by atoms with van der Waals surface area (Å²) in [4.78, 5) is 21.5. The first-order chi connectivity index (χ1) is 9.90. The lowest BCUT2D eigenvalue weighted by Crippen LogP contribution is -2.17. The highest BCUT2D eigenvalue weighted by Crippen LogP contribution is 2.21. The summed E-state index contributed by atoms with van der Waals surface area (Å²) in [6.45, 7) is 4.86. The van der Waals surface area contributed by atoms with E-state index >= 15 is 0 Å². The fourth-order valence-electron chi connectivity index (χ4n) is 2.06. The van der Waals surface area contributed by atoms with E-state index in [0.717, 1.165) is 6.42 Å². The average molecular weight is 294 g/mol. The number of carbonyl (C=O) groups is 2. The van der Waals surface area contributed by atoms with E-state index < -0.39 is 11.9 Å². The summed E-state index contributed by atoms with van der Waals surface area (Å²) in [6.07, 6.45) is 1.71. The van der Waals surface area contributed by atoms with Gasteiger partial charge in [0.15, 0.2) is 5.69 Å². The van der Waals surface area contributed by atoms with Crippen molar-refractivity contribution in [2.75, 3.05) is 11.9 Å². The van der Waals surface area contributed by atoms with E-state index in [9.17, 15) is 9.59 Å². The highest BCUT2D eigenvalue weighted by molar-refractivity contribution is 5.90. The van der Waals surface area contributed by atoms with Gasteiger partial charge in [0, 0.05) is 13.0 Å². The Morgan fingerprint density at radius 3 is 2.48 bits per heavy atom. The van der Waals surface area contributed by atoms with Crippen LogP contribution in [-0.4, -0.2) is 33.7 Å². The molecule has 1 unspecified atom stereocenters. The number of hydrogen-bond donors (Lipinski definition) is 3. The van der Waals surface area contributed by atoms with Crippen LogP contribution in [0.5, 0.6) is 0 Å². The zero-order valence-electron chi connectivity index (χ0n) is 12.4. The van der Waals surface area contributed by atoms with Gasteiger partial charge in [-0.25, -0.2) is 0 Å². The standard InChI is InChI=1S/C14H22N4O3/c1-9(2)10(3-6-13(19)20)7-8-16-12-5-4-11(14(15)21)17-18-12/h4-5,9-10H,3,6-8H2,1-2H3,(H2,15,21)(H,16,18)(H,19,20). The van der Waals surface area contributed by atoms with Gasteiger partial charge in [0.25, 0.3) is 5.91 Å². The van der Waals surface area contributed by atoms with Gasteiger partial charge in [0.05, 0.1) is 0 Å². The second kappa shape index (κ2) is 8.18. The summed E-state index contributed by atoms with van der Waals surface area (Å²) in [7, 11) is 0. The van der Waals surface area contributed by atoms with Crippen LogP contribution >= 0.6 is 0 Å². The number of nitrogens with one attached hydrogen (secondary N) is 1. The molecule has 0 saturated carbocycles. The molecule has 0 saturated heterocycles. The minimum absolute atomic E-state index is 0.127. The normalized spacial score (nSPS) is 12.1. The minimum atomic E-state index is -0.762. The van der Waals surface area contributed by atoms with Crippen LogP contribution in [0.15, 0.2) is 12.1 Å². The number of nitrogens with zero attached hydrogens (tertiary/aromatic N) is 2. The smallest absolute Gasteiger partial charge is 0.303 e. The molecule has 0 fully saturated rings. The second-order valence-electron chi connectivity index (χ2n) is 5.32. The highest BCUT2D eigenvalue weighted by atomic mass is 16.4. The third-order valence-electron chi connectivity index (χ3n) is 3.41. The molecule has 0 radical (unpaired) electrons. The highest BCUT2D eigenvalue weighted by Gasteiger charge is 2.14. The Morgan fingerprint density at radius 2 is 2.00 bits per heavy atom. The van der Waals surface area contributed by atoms with Gasteiger partial charge in [-0.2, -0.15) is 0 Å². The molecule has 1 rings (SSSR count). The van der Waals surface area contributed by atoms with Crippen molar-refractivity contribution in [3.8, 4) is 0 Å². The maximum atomic E-state index is 10.9. The second-order valence-corrected chi connectivity index (χ2v) is 5.32. The maximum Gasteiger partial charge on any atom is 0.303 e. The molecule has 1 aromatic rings. The van der Waals surface area contributed by atoms with Gasteiger partial charge in [-0.1, -0.05) is 13.8 Å². The van der Waals surface area contributed by atoms with Crippen molar-refractivity contribution in [3.63, 3.8) is 0 Å². The maximum absolute atomic E-state index is 10.9. The molecular formula is C14H22N4O3. The monoisotopic (exact) mass is 294 g/mol. The lowest BCUT2D eigenvalue weighted by molar-refractivity contribution is -0.137. The summed E-state index contributed by atoms with van der Waals surface area (Å²) in [6, 6.07) is 3.16. The number of carboxylic acid groups (broad SMARTS) is 1. The Kier molecular flexibility index (Phi) is 6.58. The summed E-state index contributed by atoms with van der Waals surface area (Å²) in [5.74, 6) is -0.0363. The number of carbonyl (C=O) groups excluding carboxylic acids is 1. The van der Waals surface area contributed by atoms with Gasteiger partial charge in [-0.3, -0.25) is 9.59 Å². The minimum Gasteiger partial charge on any atom is -0.481 e. The number of amides is 1. The number of aromatic nitrogens is 2. The lowest BCUT2D eigenvalue weighted by Gasteiger charge is -2.20. The van der Waals surface area contributed by atoms with Crippen molar-refractivity contribution in [2.24, 2.45) is 17.6 Å².